The molecule has 0 aromatic rings. The molecular formula is C18H31NO4. The lowest BCUT2D eigenvalue weighted by atomic mass is 9.77. The van der Waals surface area contributed by atoms with Crippen molar-refractivity contribution < 1.29 is 19.4 Å². The maximum absolute atomic E-state index is 12.7. The highest BCUT2D eigenvalue weighted by Gasteiger charge is 2.47. The van der Waals surface area contributed by atoms with Crippen molar-refractivity contribution in [1.29, 1.82) is 0 Å². The quantitative estimate of drug-likeness (QED) is 0.863. The first-order valence-corrected chi connectivity index (χ1v) is 9.20. The first-order valence-electron chi connectivity index (χ1n) is 9.20. The number of aliphatic hydroxyl groups is 1. The number of ether oxygens (including phenoxy) is 2. The molecule has 0 bridgehead atoms. The number of rotatable bonds is 3. The number of nitrogens with zero attached hydrogens (tertiary/aromatic N) is 1. The topological polar surface area (TPSA) is 59.0 Å². The number of hydrogen-bond donors (Lipinski definition) is 1. The van der Waals surface area contributed by atoms with Gasteiger partial charge in [0.2, 0.25) is 5.91 Å². The van der Waals surface area contributed by atoms with E-state index in [9.17, 15) is 9.90 Å². The molecule has 1 saturated carbocycles. The van der Waals surface area contributed by atoms with Crippen molar-refractivity contribution >= 4 is 5.91 Å². The highest BCUT2D eigenvalue weighted by atomic mass is 16.5. The Labute approximate surface area is 139 Å². The van der Waals surface area contributed by atoms with Gasteiger partial charge in [0.1, 0.15) is 0 Å². The highest BCUT2D eigenvalue weighted by molar-refractivity contribution is 5.79. The first-order chi connectivity index (χ1) is 11.1. The number of piperidine rings is 1. The van der Waals surface area contributed by atoms with E-state index in [-0.39, 0.29) is 11.5 Å². The van der Waals surface area contributed by atoms with Crippen LogP contribution in [-0.2, 0) is 14.3 Å². The lowest BCUT2D eigenvalue weighted by Crippen LogP contribution is -2.56. The molecule has 5 nitrogen and oxygen atoms in total. The van der Waals surface area contributed by atoms with E-state index in [0.717, 1.165) is 38.8 Å². The van der Waals surface area contributed by atoms with Gasteiger partial charge < -0.3 is 19.5 Å². The van der Waals surface area contributed by atoms with Gasteiger partial charge in [-0.2, -0.15) is 0 Å². The van der Waals surface area contributed by atoms with Crippen LogP contribution < -0.4 is 0 Å². The van der Waals surface area contributed by atoms with Crippen molar-refractivity contribution in [3.8, 4) is 0 Å². The molecule has 1 unspecified atom stereocenters. The Kier molecular flexibility index (Phi) is 5.29. The lowest BCUT2D eigenvalue weighted by Gasteiger charge is -2.49. The second-order valence-corrected chi connectivity index (χ2v) is 7.78. The Morgan fingerprint density at radius 1 is 1.22 bits per heavy atom. The molecular weight excluding hydrogens is 294 g/mol. The van der Waals surface area contributed by atoms with Crippen molar-refractivity contribution in [3.63, 3.8) is 0 Å². The Morgan fingerprint density at radius 2 is 1.91 bits per heavy atom. The molecule has 0 radical (unpaired) electrons. The van der Waals surface area contributed by atoms with Gasteiger partial charge in [-0.1, -0.05) is 19.3 Å². The van der Waals surface area contributed by atoms with E-state index in [4.69, 9.17) is 9.47 Å². The molecule has 1 atom stereocenters. The standard InChI is InChI=1S/C18H31NO4/c1-22-14-17(21)9-12-23-18(13-17)7-10-19(11-8-18)16(20)15-5-3-2-4-6-15/h15,21H,2-14H2,1H3. The van der Waals surface area contributed by atoms with Gasteiger partial charge in [-0.25, -0.2) is 0 Å². The molecule has 5 heteroatoms. The third-order valence-electron chi connectivity index (χ3n) is 5.98. The van der Waals surface area contributed by atoms with Crippen LogP contribution in [0.2, 0.25) is 0 Å². The summed E-state index contributed by atoms with van der Waals surface area (Å²) in [5.41, 5.74) is -1.04. The maximum Gasteiger partial charge on any atom is 0.225 e. The minimum atomic E-state index is -0.775. The molecule has 3 aliphatic rings. The van der Waals surface area contributed by atoms with E-state index in [2.05, 4.69) is 0 Å². The van der Waals surface area contributed by atoms with Crippen LogP contribution in [0, 0.1) is 5.92 Å². The summed E-state index contributed by atoms with van der Waals surface area (Å²) >= 11 is 0. The highest BCUT2D eigenvalue weighted by Crippen LogP contribution is 2.40. The van der Waals surface area contributed by atoms with Gasteiger partial charge in [-0.05, 0) is 25.7 Å². The van der Waals surface area contributed by atoms with Crippen LogP contribution in [0.1, 0.15) is 57.8 Å². The van der Waals surface area contributed by atoms with Gasteiger partial charge in [0.05, 0.1) is 24.4 Å². The number of hydrogen-bond acceptors (Lipinski definition) is 4. The third kappa shape index (κ3) is 3.89. The van der Waals surface area contributed by atoms with Gasteiger partial charge in [0, 0.05) is 39.0 Å². The SMILES string of the molecule is COCC1(O)CCOC2(CCN(C(=O)C3CCCCC3)CC2)C1. The monoisotopic (exact) mass is 325 g/mol. The third-order valence-corrected chi connectivity index (χ3v) is 5.98. The second kappa shape index (κ2) is 7.08. The van der Waals surface area contributed by atoms with E-state index in [0.29, 0.717) is 32.0 Å². The fourth-order valence-electron chi connectivity index (χ4n) is 4.65. The zero-order valence-electron chi connectivity index (χ0n) is 14.4. The van der Waals surface area contributed by atoms with Crippen molar-refractivity contribution in [3.05, 3.63) is 0 Å². The Morgan fingerprint density at radius 3 is 2.57 bits per heavy atom. The summed E-state index contributed by atoms with van der Waals surface area (Å²) in [5, 5.41) is 10.7. The minimum Gasteiger partial charge on any atom is -0.387 e. The Balaban J connectivity index is 1.56. The maximum atomic E-state index is 12.7. The lowest BCUT2D eigenvalue weighted by molar-refractivity contribution is -0.193. The molecule has 0 aromatic carbocycles. The molecule has 1 N–H and O–H groups in total. The van der Waals surface area contributed by atoms with Crippen LogP contribution in [0.15, 0.2) is 0 Å². The molecule has 2 aliphatic heterocycles. The van der Waals surface area contributed by atoms with Crippen molar-refractivity contribution in [2.24, 2.45) is 5.92 Å². The summed E-state index contributed by atoms with van der Waals surface area (Å²) in [6.45, 7) is 2.47. The zero-order valence-corrected chi connectivity index (χ0v) is 14.4. The van der Waals surface area contributed by atoms with E-state index in [1.807, 2.05) is 4.90 Å². The normalized spacial score (nSPS) is 32.2. The van der Waals surface area contributed by atoms with Crippen LogP contribution in [0.4, 0.5) is 0 Å². The summed E-state index contributed by atoms with van der Waals surface area (Å²) < 4.78 is 11.3. The molecule has 0 aromatic heterocycles. The summed E-state index contributed by atoms with van der Waals surface area (Å²) in [5.74, 6) is 0.595. The Bertz CT molecular complexity index is 409. The van der Waals surface area contributed by atoms with Crippen LogP contribution in [-0.4, -0.2) is 60.5 Å². The van der Waals surface area contributed by atoms with Crippen LogP contribution in [0.5, 0.6) is 0 Å². The van der Waals surface area contributed by atoms with Crippen molar-refractivity contribution in [2.75, 3.05) is 33.4 Å². The zero-order chi connectivity index (χ0) is 16.3. The number of carbonyl (C=O) groups is 1. The largest absolute Gasteiger partial charge is 0.387 e. The summed E-state index contributed by atoms with van der Waals surface area (Å²) in [6, 6.07) is 0. The van der Waals surface area contributed by atoms with Crippen LogP contribution >= 0.6 is 0 Å². The summed E-state index contributed by atoms with van der Waals surface area (Å²) in [6.07, 6.45) is 8.71. The first kappa shape index (κ1) is 17.2. The van der Waals surface area contributed by atoms with Crippen molar-refractivity contribution in [2.45, 2.75) is 69.0 Å². The predicted molar refractivity (Wildman–Crippen MR) is 87.1 cm³/mol. The van der Waals surface area contributed by atoms with E-state index in [1.165, 1.54) is 19.3 Å². The molecule has 1 spiro atoms. The molecule has 3 fully saturated rings. The fraction of sp³-hybridized carbons (Fsp3) is 0.944. The predicted octanol–water partition coefficient (Wildman–Crippen LogP) is 2.12. The van der Waals surface area contributed by atoms with Gasteiger partial charge in [0.25, 0.3) is 0 Å². The number of methoxy groups -OCH3 is 1. The smallest absolute Gasteiger partial charge is 0.225 e. The number of likely N-dealkylation sites (tertiary alicyclic amines) is 1. The molecule has 132 valence electrons. The average molecular weight is 325 g/mol. The second-order valence-electron chi connectivity index (χ2n) is 7.78. The molecule has 1 amide bonds. The summed E-state index contributed by atoms with van der Waals surface area (Å²) in [7, 11) is 1.63. The summed E-state index contributed by atoms with van der Waals surface area (Å²) in [4.78, 5) is 14.7. The van der Waals surface area contributed by atoms with E-state index >= 15 is 0 Å². The average Bonchev–Trinajstić information content (AvgIpc) is 2.56. The fourth-order valence-corrected chi connectivity index (χ4v) is 4.65. The van der Waals surface area contributed by atoms with Crippen molar-refractivity contribution in [1.82, 2.24) is 4.90 Å². The minimum absolute atomic E-state index is 0.246. The molecule has 2 saturated heterocycles. The Hall–Kier alpha value is -0.650. The van der Waals surface area contributed by atoms with E-state index in [1.54, 1.807) is 7.11 Å². The molecule has 23 heavy (non-hydrogen) atoms. The van der Waals surface area contributed by atoms with Gasteiger partial charge >= 0.3 is 0 Å². The van der Waals surface area contributed by atoms with E-state index < -0.39 is 5.60 Å². The number of carbonyl (C=O) groups excluding carboxylic acids is 1. The number of amides is 1. The van der Waals surface area contributed by atoms with Gasteiger partial charge in [0.15, 0.2) is 0 Å². The van der Waals surface area contributed by atoms with Gasteiger partial charge in [-0.15, -0.1) is 0 Å². The van der Waals surface area contributed by atoms with Crippen LogP contribution in [0.25, 0.3) is 0 Å². The van der Waals surface area contributed by atoms with Gasteiger partial charge in [-0.3, -0.25) is 4.79 Å². The molecule has 2 heterocycles. The molecule has 3 rings (SSSR count). The molecule has 1 aliphatic carbocycles. The van der Waals surface area contributed by atoms with Crippen LogP contribution in [0.3, 0.4) is 0 Å².